The number of nitrogens with zero attached hydrogens (tertiary/aromatic N) is 1. The lowest BCUT2D eigenvalue weighted by Gasteiger charge is -2.10. The van der Waals surface area contributed by atoms with Crippen LogP contribution in [-0.4, -0.2) is 12.9 Å². The van der Waals surface area contributed by atoms with Gasteiger partial charge in [0, 0.05) is 18.4 Å². The standard InChI is InChI=1S/C14H17NO2/c1-10-9-14(17-3)11(2)8-12(10)13(16)6-4-5-7-15/h8-9H,4-6H2,1-3H3. The number of benzene rings is 1. The maximum absolute atomic E-state index is 11.9. The molecule has 0 radical (unpaired) electrons. The molecule has 3 nitrogen and oxygen atoms in total. The van der Waals surface area contributed by atoms with E-state index in [4.69, 9.17) is 10.00 Å². The highest BCUT2D eigenvalue weighted by molar-refractivity contribution is 5.97. The summed E-state index contributed by atoms with van der Waals surface area (Å²) in [6.07, 6.45) is 1.49. The fourth-order valence-corrected chi connectivity index (χ4v) is 1.77. The van der Waals surface area contributed by atoms with E-state index in [0.717, 1.165) is 22.4 Å². The number of ether oxygens (including phenoxy) is 1. The van der Waals surface area contributed by atoms with Crippen LogP contribution in [0.5, 0.6) is 5.75 Å². The molecule has 0 atom stereocenters. The van der Waals surface area contributed by atoms with Crippen LogP contribution in [0.15, 0.2) is 12.1 Å². The molecule has 0 fully saturated rings. The highest BCUT2D eigenvalue weighted by Crippen LogP contribution is 2.23. The Labute approximate surface area is 102 Å². The molecule has 90 valence electrons. The van der Waals surface area contributed by atoms with Gasteiger partial charge in [-0.05, 0) is 43.5 Å². The number of nitriles is 1. The fourth-order valence-electron chi connectivity index (χ4n) is 1.77. The molecule has 1 rings (SSSR count). The molecular weight excluding hydrogens is 214 g/mol. The number of carbonyl (C=O) groups excluding carboxylic acids is 1. The zero-order valence-corrected chi connectivity index (χ0v) is 10.5. The van der Waals surface area contributed by atoms with Crippen LogP contribution in [0.25, 0.3) is 0 Å². The van der Waals surface area contributed by atoms with Crippen molar-refractivity contribution in [1.82, 2.24) is 0 Å². The summed E-state index contributed by atoms with van der Waals surface area (Å²) in [5, 5.41) is 8.44. The number of hydrogen-bond acceptors (Lipinski definition) is 3. The summed E-state index contributed by atoms with van der Waals surface area (Å²) in [4.78, 5) is 11.9. The van der Waals surface area contributed by atoms with E-state index in [-0.39, 0.29) is 5.78 Å². The van der Waals surface area contributed by atoms with E-state index in [0.29, 0.717) is 19.3 Å². The highest BCUT2D eigenvalue weighted by atomic mass is 16.5. The number of hydrogen-bond donors (Lipinski definition) is 0. The average Bonchev–Trinajstić information content (AvgIpc) is 2.31. The molecule has 0 bridgehead atoms. The third-order valence-electron chi connectivity index (χ3n) is 2.73. The number of methoxy groups -OCH3 is 1. The van der Waals surface area contributed by atoms with Crippen molar-refractivity contribution in [3.63, 3.8) is 0 Å². The van der Waals surface area contributed by atoms with Crippen molar-refractivity contribution in [2.75, 3.05) is 7.11 Å². The van der Waals surface area contributed by atoms with Gasteiger partial charge in [-0.1, -0.05) is 0 Å². The molecule has 0 aromatic heterocycles. The van der Waals surface area contributed by atoms with E-state index in [1.807, 2.05) is 32.0 Å². The molecule has 0 N–H and O–H groups in total. The van der Waals surface area contributed by atoms with E-state index in [1.54, 1.807) is 7.11 Å². The van der Waals surface area contributed by atoms with E-state index >= 15 is 0 Å². The van der Waals surface area contributed by atoms with Gasteiger partial charge in [-0.2, -0.15) is 5.26 Å². The van der Waals surface area contributed by atoms with Crippen molar-refractivity contribution in [2.45, 2.75) is 33.1 Å². The monoisotopic (exact) mass is 231 g/mol. The minimum Gasteiger partial charge on any atom is -0.496 e. The van der Waals surface area contributed by atoms with Crippen molar-refractivity contribution in [1.29, 1.82) is 5.26 Å². The molecule has 0 heterocycles. The number of unbranched alkanes of at least 4 members (excludes halogenated alkanes) is 1. The van der Waals surface area contributed by atoms with Gasteiger partial charge in [0.05, 0.1) is 13.2 Å². The molecule has 0 amide bonds. The predicted molar refractivity (Wildman–Crippen MR) is 66.3 cm³/mol. The molecule has 0 aliphatic rings. The smallest absolute Gasteiger partial charge is 0.163 e. The molecule has 1 aromatic carbocycles. The van der Waals surface area contributed by atoms with Crippen LogP contribution in [0, 0.1) is 25.2 Å². The van der Waals surface area contributed by atoms with Crippen LogP contribution in [0.3, 0.4) is 0 Å². The predicted octanol–water partition coefficient (Wildman–Crippen LogP) is 3.19. The van der Waals surface area contributed by atoms with Crippen LogP contribution >= 0.6 is 0 Å². The number of aryl methyl sites for hydroxylation is 2. The topological polar surface area (TPSA) is 50.1 Å². The van der Waals surface area contributed by atoms with Crippen molar-refractivity contribution in [3.05, 3.63) is 28.8 Å². The quantitative estimate of drug-likeness (QED) is 0.577. The molecular formula is C14H17NO2. The summed E-state index contributed by atoms with van der Waals surface area (Å²) in [6.45, 7) is 3.82. The van der Waals surface area contributed by atoms with Gasteiger partial charge < -0.3 is 4.74 Å². The van der Waals surface area contributed by atoms with Crippen molar-refractivity contribution in [3.8, 4) is 11.8 Å². The first-order valence-corrected chi connectivity index (χ1v) is 5.65. The Bertz CT molecular complexity index is 458. The highest BCUT2D eigenvalue weighted by Gasteiger charge is 2.11. The first-order chi connectivity index (χ1) is 8.10. The first kappa shape index (κ1) is 13.2. The van der Waals surface area contributed by atoms with Crippen molar-refractivity contribution >= 4 is 5.78 Å². The summed E-state index contributed by atoms with van der Waals surface area (Å²) >= 11 is 0. The van der Waals surface area contributed by atoms with Crippen LogP contribution < -0.4 is 4.74 Å². The lowest BCUT2D eigenvalue weighted by molar-refractivity contribution is 0.0980. The Morgan fingerprint density at radius 2 is 2.06 bits per heavy atom. The first-order valence-electron chi connectivity index (χ1n) is 5.65. The molecule has 0 aliphatic heterocycles. The van der Waals surface area contributed by atoms with Gasteiger partial charge in [-0.3, -0.25) is 4.79 Å². The maximum atomic E-state index is 11.9. The van der Waals surface area contributed by atoms with Crippen LogP contribution in [0.2, 0.25) is 0 Å². The Hall–Kier alpha value is -1.82. The molecule has 0 aliphatic carbocycles. The summed E-state index contributed by atoms with van der Waals surface area (Å²) in [7, 11) is 1.62. The van der Waals surface area contributed by atoms with E-state index in [2.05, 4.69) is 0 Å². The third kappa shape index (κ3) is 3.32. The summed E-state index contributed by atoms with van der Waals surface area (Å²) in [5.41, 5.74) is 2.62. The average molecular weight is 231 g/mol. The molecule has 0 saturated heterocycles. The zero-order valence-electron chi connectivity index (χ0n) is 10.5. The van der Waals surface area contributed by atoms with Gasteiger partial charge >= 0.3 is 0 Å². The van der Waals surface area contributed by atoms with Crippen LogP contribution in [-0.2, 0) is 0 Å². The lowest BCUT2D eigenvalue weighted by atomic mass is 9.98. The second-order valence-corrected chi connectivity index (χ2v) is 4.07. The van der Waals surface area contributed by atoms with Gasteiger partial charge in [-0.25, -0.2) is 0 Å². The van der Waals surface area contributed by atoms with Crippen molar-refractivity contribution in [2.24, 2.45) is 0 Å². The van der Waals surface area contributed by atoms with Crippen LogP contribution in [0.1, 0.15) is 40.7 Å². The fraction of sp³-hybridized carbons (Fsp3) is 0.429. The minimum atomic E-state index is 0.100. The Morgan fingerprint density at radius 1 is 1.35 bits per heavy atom. The normalized spacial score (nSPS) is 9.76. The van der Waals surface area contributed by atoms with E-state index < -0.39 is 0 Å². The number of carbonyl (C=O) groups is 1. The Balaban J connectivity index is 2.88. The molecule has 1 aromatic rings. The Morgan fingerprint density at radius 3 is 2.65 bits per heavy atom. The molecule has 3 heteroatoms. The Kier molecular flexibility index (Phi) is 4.71. The second kappa shape index (κ2) is 6.05. The summed E-state index contributed by atoms with van der Waals surface area (Å²) in [6, 6.07) is 5.79. The van der Waals surface area contributed by atoms with Gasteiger partial charge in [0.2, 0.25) is 0 Å². The third-order valence-corrected chi connectivity index (χ3v) is 2.73. The van der Waals surface area contributed by atoms with E-state index in [9.17, 15) is 4.79 Å². The van der Waals surface area contributed by atoms with Gasteiger partial charge in [-0.15, -0.1) is 0 Å². The lowest BCUT2D eigenvalue weighted by Crippen LogP contribution is -2.03. The molecule has 0 unspecified atom stereocenters. The summed E-state index contributed by atoms with van der Waals surface area (Å²) < 4.78 is 5.20. The van der Waals surface area contributed by atoms with Crippen molar-refractivity contribution < 1.29 is 9.53 Å². The van der Waals surface area contributed by atoms with E-state index in [1.165, 1.54) is 0 Å². The largest absolute Gasteiger partial charge is 0.496 e. The zero-order chi connectivity index (χ0) is 12.8. The minimum absolute atomic E-state index is 0.100. The van der Waals surface area contributed by atoms with Gasteiger partial charge in [0.15, 0.2) is 5.78 Å². The van der Waals surface area contributed by atoms with Gasteiger partial charge in [0.1, 0.15) is 5.75 Å². The van der Waals surface area contributed by atoms with Crippen LogP contribution in [0.4, 0.5) is 0 Å². The second-order valence-electron chi connectivity index (χ2n) is 4.07. The number of ketones is 1. The molecule has 0 saturated carbocycles. The summed E-state index contributed by atoms with van der Waals surface area (Å²) in [5.74, 6) is 0.902. The maximum Gasteiger partial charge on any atom is 0.163 e. The SMILES string of the molecule is COc1cc(C)c(C(=O)CCCC#N)cc1C. The van der Waals surface area contributed by atoms with Gasteiger partial charge in [0.25, 0.3) is 0 Å². The number of rotatable bonds is 5. The molecule has 17 heavy (non-hydrogen) atoms. The number of Topliss-reactive ketones (excluding diaryl/α,β-unsaturated/α-hetero) is 1. The molecule has 0 spiro atoms.